The van der Waals surface area contributed by atoms with Gasteiger partial charge in [0.05, 0.1) is 0 Å². The van der Waals surface area contributed by atoms with Gasteiger partial charge in [-0.2, -0.15) is 0 Å². The number of hydrogen-bond donors (Lipinski definition) is 1. The Bertz CT molecular complexity index is 496. The molecule has 1 aliphatic heterocycles. The number of nitrogens with one attached hydrogen (secondary N) is 1. The molecule has 0 saturated carbocycles. The van der Waals surface area contributed by atoms with Crippen LogP contribution in [0.2, 0.25) is 0 Å². The zero-order valence-corrected chi connectivity index (χ0v) is 12.7. The lowest BCUT2D eigenvalue weighted by molar-refractivity contribution is -0.131. The molecule has 0 radical (unpaired) electrons. The molecule has 0 bridgehead atoms. The van der Waals surface area contributed by atoms with Crippen LogP contribution in [0.3, 0.4) is 0 Å². The van der Waals surface area contributed by atoms with E-state index in [-0.39, 0.29) is 18.4 Å². The Morgan fingerprint density at radius 2 is 2.11 bits per heavy atom. The van der Waals surface area contributed by atoms with Gasteiger partial charge >= 0.3 is 0 Å². The number of carbonyl (C=O) groups excluding carboxylic acids is 2. The summed E-state index contributed by atoms with van der Waals surface area (Å²) >= 11 is 3.42. The van der Waals surface area contributed by atoms with Gasteiger partial charge in [-0.25, -0.2) is 0 Å². The molecule has 19 heavy (non-hydrogen) atoms. The van der Waals surface area contributed by atoms with Gasteiger partial charge in [-0.3, -0.25) is 9.59 Å². The van der Waals surface area contributed by atoms with Crippen LogP contribution in [-0.2, 0) is 9.59 Å². The number of carbonyl (C=O) groups is 2. The molecule has 1 atom stereocenters. The molecule has 0 spiro atoms. The van der Waals surface area contributed by atoms with Crippen molar-refractivity contribution in [2.24, 2.45) is 0 Å². The largest absolute Gasteiger partial charge is 0.343 e. The zero-order valence-electron chi connectivity index (χ0n) is 11.1. The van der Waals surface area contributed by atoms with Gasteiger partial charge in [0.15, 0.2) is 0 Å². The highest BCUT2D eigenvalue weighted by Crippen LogP contribution is 2.24. The number of hydrogen-bond acceptors (Lipinski definition) is 2. The van der Waals surface area contributed by atoms with Gasteiger partial charge in [0.2, 0.25) is 11.8 Å². The lowest BCUT2D eigenvalue weighted by Crippen LogP contribution is -2.58. The number of piperazine rings is 1. The van der Waals surface area contributed by atoms with Crippen molar-refractivity contribution in [2.45, 2.75) is 32.7 Å². The maximum atomic E-state index is 12.4. The summed E-state index contributed by atoms with van der Waals surface area (Å²) in [4.78, 5) is 25.7. The van der Waals surface area contributed by atoms with E-state index in [4.69, 9.17) is 0 Å². The molecule has 1 fully saturated rings. The molecule has 1 saturated heterocycles. The van der Waals surface area contributed by atoms with Crippen LogP contribution in [0.15, 0.2) is 22.7 Å². The molecule has 0 aliphatic carbocycles. The van der Waals surface area contributed by atoms with Crippen molar-refractivity contribution in [2.75, 3.05) is 11.4 Å². The third-order valence-corrected chi connectivity index (χ3v) is 3.57. The van der Waals surface area contributed by atoms with Gasteiger partial charge in [-0.1, -0.05) is 29.3 Å². The fourth-order valence-corrected chi connectivity index (χ4v) is 2.88. The predicted octanol–water partition coefficient (Wildman–Crippen LogP) is 2.39. The smallest absolute Gasteiger partial charge is 0.250 e. The van der Waals surface area contributed by atoms with Crippen LogP contribution < -0.4 is 10.2 Å². The van der Waals surface area contributed by atoms with Crippen LogP contribution in [0.1, 0.15) is 25.3 Å². The Labute approximate surface area is 121 Å². The van der Waals surface area contributed by atoms with Crippen molar-refractivity contribution in [3.8, 4) is 0 Å². The number of anilines is 1. The first-order valence-corrected chi connectivity index (χ1v) is 7.18. The minimum atomic E-state index is -0.398. The molecule has 2 amide bonds. The van der Waals surface area contributed by atoms with E-state index >= 15 is 0 Å². The molecule has 1 heterocycles. The molecule has 1 aliphatic rings. The summed E-state index contributed by atoms with van der Waals surface area (Å²) in [6, 6.07) is 5.36. The van der Waals surface area contributed by atoms with E-state index in [1.165, 1.54) is 0 Å². The summed E-state index contributed by atoms with van der Waals surface area (Å²) in [5, 5.41) is 2.75. The standard InChI is InChI=1S/C14H17BrN2O2/c1-3-4-12-14(19)17(8-13(18)16-12)11-6-9(2)5-10(15)7-11/h5-7,12H,3-4,8H2,1-2H3,(H,16,18). The van der Waals surface area contributed by atoms with Crippen LogP contribution in [0.5, 0.6) is 0 Å². The Hall–Kier alpha value is -1.36. The third kappa shape index (κ3) is 3.15. The van der Waals surface area contributed by atoms with Crippen molar-refractivity contribution < 1.29 is 9.59 Å². The van der Waals surface area contributed by atoms with Gasteiger partial charge in [-0.15, -0.1) is 0 Å². The molecular weight excluding hydrogens is 308 g/mol. The summed E-state index contributed by atoms with van der Waals surface area (Å²) in [5.41, 5.74) is 1.82. The quantitative estimate of drug-likeness (QED) is 0.928. The maximum Gasteiger partial charge on any atom is 0.250 e. The van der Waals surface area contributed by atoms with Gasteiger partial charge in [0, 0.05) is 10.2 Å². The number of aryl methyl sites for hydroxylation is 1. The Morgan fingerprint density at radius 3 is 2.74 bits per heavy atom. The first kappa shape index (κ1) is 14.1. The Kier molecular flexibility index (Phi) is 4.24. The highest BCUT2D eigenvalue weighted by atomic mass is 79.9. The molecule has 102 valence electrons. The highest BCUT2D eigenvalue weighted by molar-refractivity contribution is 9.10. The average molecular weight is 325 g/mol. The van der Waals surface area contributed by atoms with Crippen molar-refractivity contribution in [1.82, 2.24) is 5.32 Å². The second kappa shape index (κ2) is 5.74. The fourth-order valence-electron chi connectivity index (χ4n) is 2.29. The number of benzene rings is 1. The minimum absolute atomic E-state index is 0.0287. The normalized spacial score (nSPS) is 19.5. The number of halogens is 1. The van der Waals surface area contributed by atoms with Crippen LogP contribution in [0, 0.1) is 6.92 Å². The van der Waals surface area contributed by atoms with Gasteiger partial charge < -0.3 is 10.2 Å². The fraction of sp³-hybridized carbons (Fsp3) is 0.429. The number of amides is 2. The van der Waals surface area contributed by atoms with E-state index < -0.39 is 6.04 Å². The predicted molar refractivity (Wildman–Crippen MR) is 78.1 cm³/mol. The summed E-state index contributed by atoms with van der Waals surface area (Å²) in [7, 11) is 0. The van der Waals surface area contributed by atoms with E-state index in [0.29, 0.717) is 6.42 Å². The van der Waals surface area contributed by atoms with Crippen LogP contribution in [-0.4, -0.2) is 24.4 Å². The van der Waals surface area contributed by atoms with E-state index in [0.717, 1.165) is 22.1 Å². The van der Waals surface area contributed by atoms with Crippen LogP contribution in [0.25, 0.3) is 0 Å². The number of nitrogens with zero attached hydrogens (tertiary/aromatic N) is 1. The van der Waals surface area contributed by atoms with E-state index in [9.17, 15) is 9.59 Å². The monoisotopic (exact) mass is 324 g/mol. The molecule has 1 N–H and O–H groups in total. The van der Waals surface area contributed by atoms with Gasteiger partial charge in [0.1, 0.15) is 12.6 Å². The van der Waals surface area contributed by atoms with Crippen LogP contribution >= 0.6 is 15.9 Å². The SMILES string of the molecule is CCCC1NC(=O)CN(c2cc(C)cc(Br)c2)C1=O. The summed E-state index contributed by atoms with van der Waals surface area (Å²) in [5.74, 6) is -0.130. The molecule has 1 aromatic carbocycles. The highest BCUT2D eigenvalue weighted by Gasteiger charge is 2.32. The first-order valence-electron chi connectivity index (χ1n) is 6.39. The average Bonchev–Trinajstić information content (AvgIpc) is 2.32. The lowest BCUT2D eigenvalue weighted by Gasteiger charge is -2.32. The number of rotatable bonds is 3. The third-order valence-electron chi connectivity index (χ3n) is 3.12. The van der Waals surface area contributed by atoms with E-state index in [1.807, 2.05) is 32.0 Å². The Balaban J connectivity index is 2.31. The molecule has 1 aromatic rings. The summed E-state index contributed by atoms with van der Waals surface area (Å²) < 4.78 is 0.910. The van der Waals surface area contributed by atoms with E-state index in [2.05, 4.69) is 21.2 Å². The summed E-state index contributed by atoms with van der Waals surface area (Å²) in [6.07, 6.45) is 1.54. The maximum absolute atomic E-state index is 12.4. The van der Waals surface area contributed by atoms with Crippen molar-refractivity contribution >= 4 is 33.4 Å². The second-order valence-corrected chi connectivity index (χ2v) is 5.74. The summed E-state index contributed by atoms with van der Waals surface area (Å²) in [6.45, 7) is 4.06. The molecule has 2 rings (SSSR count). The van der Waals surface area contributed by atoms with Crippen molar-refractivity contribution in [3.05, 3.63) is 28.2 Å². The van der Waals surface area contributed by atoms with E-state index in [1.54, 1.807) is 4.90 Å². The second-order valence-electron chi connectivity index (χ2n) is 4.82. The molecule has 1 unspecified atom stereocenters. The Morgan fingerprint density at radius 1 is 1.37 bits per heavy atom. The topological polar surface area (TPSA) is 49.4 Å². The van der Waals surface area contributed by atoms with Crippen molar-refractivity contribution in [1.29, 1.82) is 0 Å². The zero-order chi connectivity index (χ0) is 14.0. The van der Waals surface area contributed by atoms with Gasteiger partial charge in [-0.05, 0) is 37.1 Å². The molecule has 4 nitrogen and oxygen atoms in total. The lowest BCUT2D eigenvalue weighted by atomic mass is 10.1. The first-order chi connectivity index (χ1) is 9.01. The molecular formula is C14H17BrN2O2. The molecule has 0 aromatic heterocycles. The molecule has 5 heteroatoms. The van der Waals surface area contributed by atoms with Gasteiger partial charge in [0.25, 0.3) is 0 Å². The van der Waals surface area contributed by atoms with Crippen molar-refractivity contribution in [3.63, 3.8) is 0 Å². The minimum Gasteiger partial charge on any atom is -0.343 e. The van der Waals surface area contributed by atoms with Crippen LogP contribution in [0.4, 0.5) is 5.69 Å².